The maximum atomic E-state index is 13.0. The third-order valence-electron chi connectivity index (χ3n) is 5.10. The minimum absolute atomic E-state index is 0.0159. The average molecular weight is 417 g/mol. The molecule has 1 saturated heterocycles. The third-order valence-corrected chi connectivity index (χ3v) is 5.30. The number of aliphatic hydroxyl groups excluding tert-OH is 1. The average Bonchev–Trinajstić information content (AvgIpc) is 3.01. The second kappa shape index (κ2) is 7.51. The molecule has 0 saturated carbocycles. The van der Waals surface area contributed by atoms with E-state index in [1.807, 2.05) is 11.8 Å². The van der Waals surface area contributed by atoms with Crippen molar-refractivity contribution in [2.24, 2.45) is 11.7 Å². The predicted octanol–water partition coefficient (Wildman–Crippen LogP) is 1.85. The Labute approximate surface area is 171 Å². The van der Waals surface area contributed by atoms with Gasteiger partial charge in [0.2, 0.25) is 5.88 Å². The molecule has 29 heavy (non-hydrogen) atoms. The number of nitrogen functional groups attached to an aromatic ring is 1. The molecule has 10 heteroatoms. The van der Waals surface area contributed by atoms with Gasteiger partial charge in [0, 0.05) is 43.5 Å². The van der Waals surface area contributed by atoms with Crippen molar-refractivity contribution < 1.29 is 14.3 Å². The number of halogens is 1. The number of nitrogens with two attached hydrogens (primary N) is 2. The van der Waals surface area contributed by atoms with Gasteiger partial charge in [-0.05, 0) is 6.07 Å². The Kier molecular flexibility index (Phi) is 5.03. The summed E-state index contributed by atoms with van der Waals surface area (Å²) in [6, 6.07) is 2.95. The molecule has 0 aromatic carbocycles. The maximum absolute atomic E-state index is 13.0. The molecule has 0 radical (unpaired) electrons. The lowest BCUT2D eigenvalue weighted by atomic mass is 9.92. The van der Waals surface area contributed by atoms with Crippen LogP contribution in [0.15, 0.2) is 35.1 Å². The van der Waals surface area contributed by atoms with E-state index in [2.05, 4.69) is 15.3 Å². The van der Waals surface area contributed by atoms with E-state index in [0.29, 0.717) is 34.9 Å². The highest BCUT2D eigenvalue weighted by atomic mass is 35.5. The summed E-state index contributed by atoms with van der Waals surface area (Å²) in [5, 5.41) is 13.3. The number of nitrogens with zero attached hydrogens (tertiary/aromatic N) is 3. The molecule has 3 unspecified atom stereocenters. The van der Waals surface area contributed by atoms with Crippen LogP contribution in [0, 0.1) is 5.92 Å². The van der Waals surface area contributed by atoms with Crippen LogP contribution >= 0.6 is 11.6 Å². The molecule has 4 heterocycles. The van der Waals surface area contributed by atoms with E-state index in [-0.39, 0.29) is 17.4 Å². The minimum atomic E-state index is -0.568. The maximum Gasteiger partial charge on any atom is 0.263 e. The van der Waals surface area contributed by atoms with Gasteiger partial charge in [-0.2, -0.15) is 0 Å². The first-order chi connectivity index (χ1) is 13.8. The van der Waals surface area contributed by atoms with Crippen molar-refractivity contribution in [3.63, 3.8) is 0 Å². The van der Waals surface area contributed by atoms with Crippen molar-refractivity contribution in [1.82, 2.24) is 9.97 Å². The van der Waals surface area contributed by atoms with Crippen LogP contribution in [0.3, 0.4) is 0 Å². The fourth-order valence-corrected chi connectivity index (χ4v) is 3.80. The van der Waals surface area contributed by atoms with Gasteiger partial charge in [-0.3, -0.25) is 14.8 Å². The van der Waals surface area contributed by atoms with Crippen LogP contribution < -0.4 is 21.7 Å². The molecule has 1 fully saturated rings. The van der Waals surface area contributed by atoms with E-state index in [1.165, 1.54) is 6.20 Å². The Hall–Kier alpha value is -2.88. The van der Waals surface area contributed by atoms with Gasteiger partial charge < -0.3 is 31.2 Å². The fourth-order valence-electron chi connectivity index (χ4n) is 3.65. The molecule has 6 N–H and O–H groups in total. The summed E-state index contributed by atoms with van der Waals surface area (Å²) in [6.45, 7) is 2.99. The molecule has 0 spiro atoms. The van der Waals surface area contributed by atoms with Crippen LogP contribution in [0.4, 0.5) is 17.3 Å². The van der Waals surface area contributed by atoms with Gasteiger partial charge in [0.05, 0.1) is 28.7 Å². The summed E-state index contributed by atoms with van der Waals surface area (Å²) in [7, 11) is 0. The molecule has 9 nitrogen and oxygen atoms in total. The first kappa shape index (κ1) is 19.4. The second-order valence-electron chi connectivity index (χ2n) is 7.23. The summed E-state index contributed by atoms with van der Waals surface area (Å²) in [4.78, 5) is 23.3. The zero-order chi connectivity index (χ0) is 20.7. The van der Waals surface area contributed by atoms with Crippen molar-refractivity contribution in [3.05, 3.63) is 41.3 Å². The number of piperidine rings is 1. The van der Waals surface area contributed by atoms with E-state index in [9.17, 15) is 9.90 Å². The molecule has 1 aliphatic heterocycles. The van der Waals surface area contributed by atoms with Crippen molar-refractivity contribution in [3.8, 4) is 0 Å². The standard InChI is InChI=1S/C19H21ClN6O3/c1-9-7-26(8-11(21)17(9)27)13-2-3-23-6-12(13)25-19(28)15-16-14(29-18(15)22)4-10(20)5-24-16/h2-6,9,11,17,27H,7-8,21-22H2,1H3,(H,25,28). The number of fused-ring (bicyclic) bond motifs is 1. The molecular weight excluding hydrogens is 396 g/mol. The lowest BCUT2D eigenvalue weighted by molar-refractivity contribution is 0.0785. The Morgan fingerprint density at radius 2 is 2.21 bits per heavy atom. The van der Waals surface area contributed by atoms with Crippen LogP contribution in [0.1, 0.15) is 17.3 Å². The first-order valence-corrected chi connectivity index (χ1v) is 9.50. The number of amides is 1. The van der Waals surface area contributed by atoms with E-state index in [0.717, 1.165) is 5.69 Å². The Morgan fingerprint density at radius 1 is 1.41 bits per heavy atom. The molecule has 0 bridgehead atoms. The van der Waals surface area contributed by atoms with Gasteiger partial charge in [-0.1, -0.05) is 18.5 Å². The summed E-state index contributed by atoms with van der Waals surface area (Å²) in [5.41, 5.74) is 14.0. The molecule has 3 atom stereocenters. The molecule has 1 aliphatic rings. The van der Waals surface area contributed by atoms with Crippen molar-refractivity contribution in [2.75, 3.05) is 29.0 Å². The fraction of sp³-hybridized carbons (Fsp3) is 0.316. The van der Waals surface area contributed by atoms with Crippen molar-refractivity contribution >= 4 is 45.9 Å². The summed E-state index contributed by atoms with van der Waals surface area (Å²) in [5.74, 6) is -0.535. The molecule has 3 aromatic heterocycles. The van der Waals surface area contributed by atoms with Gasteiger partial charge in [0.25, 0.3) is 5.91 Å². The van der Waals surface area contributed by atoms with E-state index < -0.39 is 18.1 Å². The molecule has 3 aromatic rings. The quantitative estimate of drug-likeness (QED) is 0.506. The first-order valence-electron chi connectivity index (χ1n) is 9.12. The molecule has 4 rings (SSSR count). The number of hydrogen-bond acceptors (Lipinski definition) is 8. The number of pyridine rings is 2. The lowest BCUT2D eigenvalue weighted by Gasteiger charge is -2.40. The number of aliphatic hydroxyl groups is 1. The van der Waals surface area contributed by atoms with Crippen LogP contribution in [-0.4, -0.2) is 46.2 Å². The number of aromatic nitrogens is 2. The number of rotatable bonds is 3. The highest BCUT2D eigenvalue weighted by Crippen LogP contribution is 2.32. The van der Waals surface area contributed by atoms with Gasteiger partial charge >= 0.3 is 0 Å². The van der Waals surface area contributed by atoms with Crippen LogP contribution in [0.2, 0.25) is 5.02 Å². The summed E-state index contributed by atoms with van der Waals surface area (Å²) < 4.78 is 5.42. The Morgan fingerprint density at radius 3 is 2.97 bits per heavy atom. The van der Waals surface area contributed by atoms with E-state index in [1.54, 1.807) is 24.5 Å². The monoisotopic (exact) mass is 416 g/mol. The number of carbonyl (C=O) groups is 1. The highest BCUT2D eigenvalue weighted by Gasteiger charge is 2.32. The Balaban J connectivity index is 1.64. The second-order valence-corrected chi connectivity index (χ2v) is 7.66. The predicted molar refractivity (Wildman–Crippen MR) is 111 cm³/mol. The number of anilines is 3. The van der Waals surface area contributed by atoms with Crippen LogP contribution in [-0.2, 0) is 0 Å². The topological polar surface area (TPSA) is 144 Å². The highest BCUT2D eigenvalue weighted by molar-refractivity contribution is 6.31. The minimum Gasteiger partial charge on any atom is -0.438 e. The van der Waals surface area contributed by atoms with Gasteiger partial charge in [-0.15, -0.1) is 0 Å². The van der Waals surface area contributed by atoms with Crippen molar-refractivity contribution in [2.45, 2.75) is 19.1 Å². The smallest absolute Gasteiger partial charge is 0.263 e. The van der Waals surface area contributed by atoms with Gasteiger partial charge in [0.1, 0.15) is 11.1 Å². The SMILES string of the molecule is CC1CN(c2ccncc2NC(=O)c2c(N)oc3cc(Cl)cnc23)CC(N)C1O. The normalized spacial score (nSPS) is 22.1. The number of furan rings is 1. The van der Waals surface area contributed by atoms with Crippen LogP contribution in [0.25, 0.3) is 11.1 Å². The molecule has 152 valence electrons. The molecule has 1 amide bonds. The number of hydrogen-bond donors (Lipinski definition) is 4. The number of carbonyl (C=O) groups excluding carboxylic acids is 1. The largest absolute Gasteiger partial charge is 0.438 e. The van der Waals surface area contributed by atoms with Gasteiger partial charge in [-0.25, -0.2) is 0 Å². The van der Waals surface area contributed by atoms with E-state index in [4.69, 9.17) is 27.5 Å². The van der Waals surface area contributed by atoms with Gasteiger partial charge in [0.15, 0.2) is 5.58 Å². The lowest BCUT2D eigenvalue weighted by Crippen LogP contribution is -2.55. The molecular formula is C19H21ClN6O3. The van der Waals surface area contributed by atoms with Crippen molar-refractivity contribution in [1.29, 1.82) is 0 Å². The Bertz CT molecular complexity index is 1060. The number of nitrogens with one attached hydrogen (secondary N) is 1. The zero-order valence-corrected chi connectivity index (χ0v) is 16.4. The van der Waals surface area contributed by atoms with E-state index >= 15 is 0 Å². The summed E-state index contributed by atoms with van der Waals surface area (Å²) in [6.07, 6.45) is 4.04. The zero-order valence-electron chi connectivity index (χ0n) is 15.7. The molecule has 0 aliphatic carbocycles. The third kappa shape index (κ3) is 3.59. The van der Waals surface area contributed by atoms with Crippen LogP contribution in [0.5, 0.6) is 0 Å². The summed E-state index contributed by atoms with van der Waals surface area (Å²) >= 11 is 5.92.